The maximum absolute atomic E-state index is 11.0. The van der Waals surface area contributed by atoms with Crippen LogP contribution in [0.15, 0.2) is 34.9 Å². The molecule has 0 unspecified atom stereocenters. The maximum Gasteiger partial charge on any atom is 0.244 e. The first-order chi connectivity index (χ1) is 11.1. The molecule has 1 aromatic carbocycles. The lowest BCUT2D eigenvalue weighted by molar-refractivity contribution is -0.119. The Kier molecular flexibility index (Phi) is 4.68. The predicted molar refractivity (Wildman–Crippen MR) is 85.4 cm³/mol. The van der Waals surface area contributed by atoms with Crippen molar-refractivity contribution in [3.8, 4) is 11.4 Å². The van der Waals surface area contributed by atoms with Crippen molar-refractivity contribution in [3.05, 3.63) is 36.2 Å². The number of aromatic nitrogens is 2. The molecule has 2 heterocycles. The van der Waals surface area contributed by atoms with Crippen molar-refractivity contribution in [2.75, 3.05) is 32.7 Å². The van der Waals surface area contributed by atoms with Gasteiger partial charge in [-0.1, -0.05) is 35.5 Å². The first-order valence-electron chi connectivity index (χ1n) is 7.77. The standard InChI is InChI=1S/C16H21N5O2/c1-12(21-9-7-20(8-10-21)11-14(17)22)16-18-15(19-23-16)13-5-3-2-4-6-13/h2-6,12H,7-11H2,1H3,(H2,17,22)/t12-/m1/s1. The first kappa shape index (κ1) is 15.6. The SMILES string of the molecule is C[C@H](c1nc(-c2ccccc2)no1)N1CCN(CC(N)=O)CC1. The van der Waals surface area contributed by atoms with Crippen molar-refractivity contribution in [3.63, 3.8) is 0 Å². The molecule has 1 fully saturated rings. The summed E-state index contributed by atoms with van der Waals surface area (Å²) in [7, 11) is 0. The maximum atomic E-state index is 11.0. The molecule has 1 aliphatic rings. The number of nitrogens with two attached hydrogens (primary N) is 1. The average Bonchev–Trinajstić information content (AvgIpc) is 3.05. The molecule has 1 aliphatic heterocycles. The first-order valence-corrected chi connectivity index (χ1v) is 7.77. The zero-order valence-corrected chi connectivity index (χ0v) is 13.2. The highest BCUT2D eigenvalue weighted by molar-refractivity contribution is 5.75. The highest BCUT2D eigenvalue weighted by Gasteiger charge is 2.26. The summed E-state index contributed by atoms with van der Waals surface area (Å²) < 4.78 is 5.43. The molecule has 7 nitrogen and oxygen atoms in total. The molecule has 0 spiro atoms. The summed E-state index contributed by atoms with van der Waals surface area (Å²) in [5, 5.41) is 4.07. The van der Waals surface area contributed by atoms with Gasteiger partial charge in [0.2, 0.25) is 17.6 Å². The van der Waals surface area contributed by atoms with Crippen LogP contribution in [-0.2, 0) is 4.79 Å². The highest BCUT2D eigenvalue weighted by atomic mass is 16.5. The second kappa shape index (κ2) is 6.89. The number of primary amides is 1. The van der Waals surface area contributed by atoms with Gasteiger partial charge in [-0.3, -0.25) is 14.6 Å². The molecule has 1 saturated heterocycles. The van der Waals surface area contributed by atoms with Gasteiger partial charge in [0.15, 0.2) is 0 Å². The summed E-state index contributed by atoms with van der Waals surface area (Å²) in [6.07, 6.45) is 0. The van der Waals surface area contributed by atoms with Gasteiger partial charge in [0.05, 0.1) is 12.6 Å². The van der Waals surface area contributed by atoms with Crippen molar-refractivity contribution in [2.24, 2.45) is 5.73 Å². The fourth-order valence-electron chi connectivity index (χ4n) is 2.79. The predicted octanol–water partition coefficient (Wildman–Crippen LogP) is 0.900. The summed E-state index contributed by atoms with van der Waals surface area (Å²) in [6, 6.07) is 9.83. The number of amides is 1. The van der Waals surface area contributed by atoms with Crippen LogP contribution in [0.4, 0.5) is 0 Å². The molecular formula is C16H21N5O2. The van der Waals surface area contributed by atoms with Gasteiger partial charge in [-0.2, -0.15) is 4.98 Å². The molecule has 3 rings (SSSR count). The number of carbonyl (C=O) groups is 1. The van der Waals surface area contributed by atoms with Crippen LogP contribution < -0.4 is 5.73 Å². The van der Waals surface area contributed by atoms with E-state index in [0.29, 0.717) is 18.3 Å². The number of nitrogens with zero attached hydrogens (tertiary/aromatic N) is 4. The highest BCUT2D eigenvalue weighted by Crippen LogP contribution is 2.23. The van der Waals surface area contributed by atoms with Crippen molar-refractivity contribution in [1.82, 2.24) is 19.9 Å². The third-order valence-corrected chi connectivity index (χ3v) is 4.17. The van der Waals surface area contributed by atoms with Gasteiger partial charge >= 0.3 is 0 Å². The van der Waals surface area contributed by atoms with E-state index in [4.69, 9.17) is 10.3 Å². The fraction of sp³-hybridized carbons (Fsp3) is 0.438. The van der Waals surface area contributed by atoms with Crippen molar-refractivity contribution >= 4 is 5.91 Å². The number of carbonyl (C=O) groups excluding carboxylic acids is 1. The summed E-state index contributed by atoms with van der Waals surface area (Å²) in [5.41, 5.74) is 6.18. The zero-order valence-electron chi connectivity index (χ0n) is 13.2. The van der Waals surface area contributed by atoms with Crippen LogP contribution in [0.3, 0.4) is 0 Å². The van der Waals surface area contributed by atoms with Gasteiger partial charge in [-0.15, -0.1) is 0 Å². The largest absolute Gasteiger partial charge is 0.369 e. The average molecular weight is 315 g/mol. The molecule has 0 saturated carbocycles. The smallest absolute Gasteiger partial charge is 0.244 e. The second-order valence-corrected chi connectivity index (χ2v) is 5.78. The monoisotopic (exact) mass is 315 g/mol. The number of rotatable bonds is 5. The van der Waals surface area contributed by atoms with Gasteiger partial charge in [0, 0.05) is 31.7 Å². The van der Waals surface area contributed by atoms with Gasteiger partial charge in [0.25, 0.3) is 0 Å². The lowest BCUT2D eigenvalue weighted by atomic mass is 10.2. The van der Waals surface area contributed by atoms with Gasteiger partial charge in [-0.05, 0) is 6.92 Å². The molecular weight excluding hydrogens is 294 g/mol. The Morgan fingerprint density at radius 2 is 1.96 bits per heavy atom. The molecule has 2 aromatic rings. The number of hydrogen-bond acceptors (Lipinski definition) is 6. The Balaban J connectivity index is 1.62. The van der Waals surface area contributed by atoms with Crippen LogP contribution in [0.2, 0.25) is 0 Å². The molecule has 1 atom stereocenters. The summed E-state index contributed by atoms with van der Waals surface area (Å²) in [4.78, 5) is 19.8. The Morgan fingerprint density at radius 1 is 1.26 bits per heavy atom. The van der Waals surface area contributed by atoms with Crippen molar-refractivity contribution in [2.45, 2.75) is 13.0 Å². The lowest BCUT2D eigenvalue weighted by Gasteiger charge is -2.36. The number of hydrogen-bond donors (Lipinski definition) is 1. The van der Waals surface area contributed by atoms with E-state index in [9.17, 15) is 4.79 Å². The summed E-state index contributed by atoms with van der Waals surface area (Å²) >= 11 is 0. The normalized spacial score (nSPS) is 18.0. The van der Waals surface area contributed by atoms with E-state index in [-0.39, 0.29) is 11.9 Å². The van der Waals surface area contributed by atoms with E-state index in [1.807, 2.05) is 30.3 Å². The minimum absolute atomic E-state index is 0.0516. The van der Waals surface area contributed by atoms with Crippen LogP contribution in [-0.4, -0.2) is 58.6 Å². The molecule has 1 amide bonds. The van der Waals surface area contributed by atoms with Gasteiger partial charge in [0.1, 0.15) is 0 Å². The molecule has 1 aromatic heterocycles. The van der Waals surface area contributed by atoms with E-state index in [1.54, 1.807) is 0 Å². The Bertz CT molecular complexity index is 650. The van der Waals surface area contributed by atoms with E-state index in [0.717, 1.165) is 31.7 Å². The molecule has 23 heavy (non-hydrogen) atoms. The van der Waals surface area contributed by atoms with Crippen LogP contribution in [0.1, 0.15) is 18.9 Å². The molecule has 7 heteroatoms. The molecule has 0 aliphatic carbocycles. The van der Waals surface area contributed by atoms with Gasteiger partial charge < -0.3 is 10.3 Å². The summed E-state index contributed by atoms with van der Waals surface area (Å²) in [5.74, 6) is 0.947. The van der Waals surface area contributed by atoms with Crippen LogP contribution in [0.5, 0.6) is 0 Å². The van der Waals surface area contributed by atoms with Crippen LogP contribution >= 0.6 is 0 Å². The number of benzene rings is 1. The Morgan fingerprint density at radius 3 is 2.61 bits per heavy atom. The van der Waals surface area contributed by atoms with Crippen LogP contribution in [0.25, 0.3) is 11.4 Å². The van der Waals surface area contributed by atoms with Crippen molar-refractivity contribution < 1.29 is 9.32 Å². The van der Waals surface area contributed by atoms with Crippen LogP contribution in [0, 0.1) is 0 Å². The second-order valence-electron chi connectivity index (χ2n) is 5.78. The van der Waals surface area contributed by atoms with E-state index in [1.165, 1.54) is 0 Å². The molecule has 122 valence electrons. The topological polar surface area (TPSA) is 88.5 Å². The zero-order chi connectivity index (χ0) is 16.2. The third kappa shape index (κ3) is 3.75. The molecule has 2 N–H and O–H groups in total. The minimum Gasteiger partial charge on any atom is -0.369 e. The molecule has 0 bridgehead atoms. The Hall–Kier alpha value is -2.25. The van der Waals surface area contributed by atoms with E-state index >= 15 is 0 Å². The minimum atomic E-state index is -0.282. The molecule has 0 radical (unpaired) electrons. The third-order valence-electron chi connectivity index (χ3n) is 4.17. The van der Waals surface area contributed by atoms with E-state index in [2.05, 4.69) is 26.9 Å². The van der Waals surface area contributed by atoms with Gasteiger partial charge in [-0.25, -0.2) is 0 Å². The summed E-state index contributed by atoms with van der Waals surface area (Å²) in [6.45, 7) is 5.70. The van der Waals surface area contributed by atoms with E-state index < -0.39 is 0 Å². The Labute approximate surface area is 135 Å². The van der Waals surface area contributed by atoms with Crippen molar-refractivity contribution in [1.29, 1.82) is 0 Å². The fourth-order valence-corrected chi connectivity index (χ4v) is 2.79. The quantitative estimate of drug-likeness (QED) is 0.882. The number of piperazine rings is 1. The lowest BCUT2D eigenvalue weighted by Crippen LogP contribution is -2.49.